The number of benzene rings is 2. The first-order valence-electron chi connectivity index (χ1n) is 10.3. The fraction of sp³-hybridized carbons (Fsp3) is 0.318. The third-order valence-corrected chi connectivity index (χ3v) is 7.03. The van der Waals surface area contributed by atoms with E-state index in [1.54, 1.807) is 39.8 Å². The van der Waals surface area contributed by atoms with Gasteiger partial charge in [-0.05, 0) is 50.1 Å². The van der Waals surface area contributed by atoms with E-state index in [0.29, 0.717) is 42.1 Å². The summed E-state index contributed by atoms with van der Waals surface area (Å²) in [5, 5.41) is 6.14. The number of sulfonamides is 1. The van der Waals surface area contributed by atoms with Gasteiger partial charge in [-0.25, -0.2) is 18.5 Å². The van der Waals surface area contributed by atoms with Crippen LogP contribution in [0.25, 0.3) is 10.9 Å². The van der Waals surface area contributed by atoms with Crippen LogP contribution in [0.2, 0.25) is 0 Å². The first-order valence-corrected chi connectivity index (χ1v) is 12.8. The van der Waals surface area contributed by atoms with Gasteiger partial charge in [0, 0.05) is 19.6 Å². The molecule has 0 aliphatic carbocycles. The fourth-order valence-corrected chi connectivity index (χ4v) is 4.78. The molecule has 0 unspecified atom stereocenters. The molecule has 0 fully saturated rings. The first-order chi connectivity index (χ1) is 15.2. The number of aryl methyl sites for hydroxylation is 1. The summed E-state index contributed by atoms with van der Waals surface area (Å²) >= 11 is 1.25. The van der Waals surface area contributed by atoms with E-state index in [0.717, 1.165) is 5.56 Å². The molecule has 0 saturated heterocycles. The minimum absolute atomic E-state index is 0.00691. The number of fused-ring (bicyclic) bond motifs is 1. The summed E-state index contributed by atoms with van der Waals surface area (Å²) in [5.74, 6) is 0.183. The van der Waals surface area contributed by atoms with Crippen LogP contribution >= 0.6 is 11.8 Å². The Bertz CT molecular complexity index is 1270. The molecule has 1 heterocycles. The van der Waals surface area contributed by atoms with E-state index < -0.39 is 10.0 Å². The Labute approximate surface area is 191 Å². The lowest BCUT2D eigenvalue weighted by atomic mass is 10.1. The summed E-state index contributed by atoms with van der Waals surface area (Å²) in [6.45, 7) is 5.45. The van der Waals surface area contributed by atoms with E-state index in [1.807, 2.05) is 19.9 Å². The molecule has 0 spiro atoms. The van der Waals surface area contributed by atoms with E-state index in [9.17, 15) is 18.0 Å². The van der Waals surface area contributed by atoms with Crippen LogP contribution in [0.3, 0.4) is 0 Å². The lowest BCUT2D eigenvalue weighted by Crippen LogP contribution is -2.32. The molecule has 10 heteroatoms. The normalized spacial score (nSPS) is 11.6. The number of hydrogen-bond acceptors (Lipinski definition) is 6. The first kappa shape index (κ1) is 24.0. The van der Waals surface area contributed by atoms with Crippen molar-refractivity contribution >= 4 is 38.6 Å². The summed E-state index contributed by atoms with van der Waals surface area (Å²) in [4.78, 5) is 32.0. The van der Waals surface area contributed by atoms with Crippen molar-refractivity contribution in [1.29, 1.82) is 0 Å². The van der Waals surface area contributed by atoms with Crippen molar-refractivity contribution < 1.29 is 13.2 Å². The van der Waals surface area contributed by atoms with Crippen LogP contribution in [0, 0.1) is 0 Å². The van der Waals surface area contributed by atoms with Gasteiger partial charge in [0.05, 0.1) is 21.6 Å². The molecule has 0 saturated carbocycles. The minimum Gasteiger partial charge on any atom is -0.343 e. The third kappa shape index (κ3) is 5.56. The molecule has 3 rings (SSSR count). The molecule has 0 aliphatic heterocycles. The van der Waals surface area contributed by atoms with Gasteiger partial charge in [0.25, 0.3) is 5.56 Å². The third-order valence-electron chi connectivity index (χ3n) is 5.14. The van der Waals surface area contributed by atoms with Crippen molar-refractivity contribution in [3.8, 4) is 0 Å². The molecule has 1 amide bonds. The van der Waals surface area contributed by atoms with Crippen LogP contribution in [-0.2, 0) is 27.8 Å². The van der Waals surface area contributed by atoms with Crippen molar-refractivity contribution in [3.05, 3.63) is 64.4 Å². The average molecular weight is 475 g/mol. The fourth-order valence-electron chi connectivity index (χ4n) is 3.34. The lowest BCUT2D eigenvalue weighted by Gasteiger charge is -2.19. The van der Waals surface area contributed by atoms with E-state index in [-0.39, 0.29) is 22.1 Å². The SMILES string of the molecule is CCN(CC)C(=O)CSc1nc2ccccc2c(=O)n1CCc1ccc(S(N)(=O)=O)cc1. The molecule has 32 heavy (non-hydrogen) atoms. The quantitative estimate of drug-likeness (QED) is 0.376. The number of amides is 1. The van der Waals surface area contributed by atoms with Gasteiger partial charge in [0.1, 0.15) is 0 Å². The molecule has 0 bridgehead atoms. The van der Waals surface area contributed by atoms with Gasteiger partial charge in [-0.1, -0.05) is 36.0 Å². The Morgan fingerprint density at radius 1 is 1.09 bits per heavy atom. The Morgan fingerprint density at radius 2 is 1.75 bits per heavy atom. The molecule has 1 aromatic heterocycles. The molecule has 0 radical (unpaired) electrons. The van der Waals surface area contributed by atoms with Crippen LogP contribution in [0.5, 0.6) is 0 Å². The highest BCUT2D eigenvalue weighted by atomic mass is 32.2. The van der Waals surface area contributed by atoms with Crippen molar-refractivity contribution in [1.82, 2.24) is 14.5 Å². The standard InChI is InChI=1S/C22H26N4O4S2/c1-3-25(4-2)20(27)15-31-22-24-19-8-6-5-7-18(19)21(28)26(22)14-13-16-9-11-17(12-10-16)32(23,29)30/h5-12H,3-4,13-15H2,1-2H3,(H2,23,29,30). The molecule has 2 aromatic carbocycles. The Hall–Kier alpha value is -2.69. The molecule has 3 aromatic rings. The van der Waals surface area contributed by atoms with Crippen molar-refractivity contribution in [2.24, 2.45) is 5.14 Å². The van der Waals surface area contributed by atoms with E-state index in [1.165, 1.54) is 23.9 Å². The van der Waals surface area contributed by atoms with Gasteiger partial charge >= 0.3 is 0 Å². The average Bonchev–Trinajstić information content (AvgIpc) is 2.77. The van der Waals surface area contributed by atoms with Crippen LogP contribution in [0.4, 0.5) is 0 Å². The van der Waals surface area contributed by atoms with Crippen LogP contribution in [-0.4, -0.2) is 47.6 Å². The zero-order valence-electron chi connectivity index (χ0n) is 18.0. The number of para-hydroxylation sites is 1. The Kier molecular flexibility index (Phi) is 7.70. The number of primary sulfonamides is 1. The van der Waals surface area contributed by atoms with Crippen molar-refractivity contribution in [2.75, 3.05) is 18.8 Å². The number of thioether (sulfide) groups is 1. The summed E-state index contributed by atoms with van der Waals surface area (Å²) < 4.78 is 24.5. The van der Waals surface area contributed by atoms with Crippen LogP contribution in [0.15, 0.2) is 63.4 Å². The zero-order valence-corrected chi connectivity index (χ0v) is 19.7. The number of hydrogen-bond donors (Lipinski definition) is 1. The van der Waals surface area contributed by atoms with Gasteiger partial charge in [0.15, 0.2) is 5.16 Å². The summed E-state index contributed by atoms with van der Waals surface area (Å²) in [5.41, 5.74) is 1.27. The van der Waals surface area contributed by atoms with Gasteiger partial charge in [-0.3, -0.25) is 14.2 Å². The number of aromatic nitrogens is 2. The number of carbonyl (C=O) groups is 1. The van der Waals surface area contributed by atoms with Gasteiger partial charge < -0.3 is 4.90 Å². The molecule has 2 N–H and O–H groups in total. The molecule has 0 atom stereocenters. The van der Waals surface area contributed by atoms with Crippen molar-refractivity contribution in [2.45, 2.75) is 36.9 Å². The summed E-state index contributed by atoms with van der Waals surface area (Å²) in [7, 11) is -3.76. The number of nitrogens with two attached hydrogens (primary N) is 1. The Balaban J connectivity index is 1.88. The summed E-state index contributed by atoms with van der Waals surface area (Å²) in [6, 6.07) is 13.4. The van der Waals surface area contributed by atoms with Crippen LogP contribution in [0.1, 0.15) is 19.4 Å². The monoisotopic (exact) mass is 474 g/mol. The zero-order chi connectivity index (χ0) is 23.3. The molecular weight excluding hydrogens is 448 g/mol. The topological polar surface area (TPSA) is 115 Å². The number of carbonyl (C=O) groups excluding carboxylic acids is 1. The highest BCUT2D eigenvalue weighted by Crippen LogP contribution is 2.19. The second-order valence-corrected chi connectivity index (χ2v) is 9.67. The predicted molar refractivity (Wildman–Crippen MR) is 126 cm³/mol. The second kappa shape index (κ2) is 10.3. The van der Waals surface area contributed by atoms with E-state index in [4.69, 9.17) is 5.14 Å². The summed E-state index contributed by atoms with van der Waals surface area (Å²) in [6.07, 6.45) is 0.488. The highest BCUT2D eigenvalue weighted by molar-refractivity contribution is 7.99. The molecule has 8 nitrogen and oxygen atoms in total. The number of rotatable bonds is 9. The predicted octanol–water partition coefficient (Wildman–Crippen LogP) is 2.25. The maximum Gasteiger partial charge on any atom is 0.262 e. The molecule has 0 aliphatic rings. The highest BCUT2D eigenvalue weighted by Gasteiger charge is 2.16. The molecular formula is C22H26N4O4S2. The lowest BCUT2D eigenvalue weighted by molar-refractivity contribution is -0.127. The maximum absolute atomic E-state index is 13.2. The number of nitrogens with zero attached hydrogens (tertiary/aromatic N) is 3. The van der Waals surface area contributed by atoms with Gasteiger partial charge in [-0.2, -0.15) is 0 Å². The van der Waals surface area contributed by atoms with E-state index in [2.05, 4.69) is 4.98 Å². The molecule has 170 valence electrons. The van der Waals surface area contributed by atoms with E-state index >= 15 is 0 Å². The second-order valence-electron chi connectivity index (χ2n) is 7.16. The van der Waals surface area contributed by atoms with Gasteiger partial charge in [0.2, 0.25) is 15.9 Å². The largest absolute Gasteiger partial charge is 0.343 e. The van der Waals surface area contributed by atoms with Crippen LogP contribution < -0.4 is 10.7 Å². The Morgan fingerprint density at radius 3 is 2.38 bits per heavy atom. The van der Waals surface area contributed by atoms with Crippen molar-refractivity contribution in [3.63, 3.8) is 0 Å². The smallest absolute Gasteiger partial charge is 0.262 e. The minimum atomic E-state index is -3.76. The maximum atomic E-state index is 13.2. The van der Waals surface area contributed by atoms with Gasteiger partial charge in [-0.15, -0.1) is 0 Å².